The van der Waals surface area contributed by atoms with Crippen LogP contribution in [-0.2, 0) is 16.1 Å². The normalized spacial score (nSPS) is 17.5. The zero-order valence-electron chi connectivity index (χ0n) is 14.6. The number of para-hydroxylation sites is 1. The molecule has 2 heterocycles. The molecule has 1 aromatic heterocycles. The van der Waals surface area contributed by atoms with Gasteiger partial charge in [0, 0.05) is 13.7 Å². The number of carboxylic acid groups (broad SMARTS) is 1. The van der Waals surface area contributed by atoms with Crippen molar-refractivity contribution in [3.05, 3.63) is 41.7 Å². The molecule has 1 N–H and O–H groups in total. The topological polar surface area (TPSA) is 80.5 Å². The molecule has 1 aliphatic rings. The van der Waals surface area contributed by atoms with Crippen molar-refractivity contribution >= 4 is 5.97 Å². The third-order valence-corrected chi connectivity index (χ3v) is 4.85. The van der Waals surface area contributed by atoms with Crippen LogP contribution in [0.5, 0.6) is 0 Å². The summed E-state index contributed by atoms with van der Waals surface area (Å²) >= 11 is 0. The van der Waals surface area contributed by atoms with Crippen molar-refractivity contribution < 1.29 is 14.6 Å². The number of rotatable bonds is 6. The van der Waals surface area contributed by atoms with E-state index in [1.165, 1.54) is 7.11 Å². The fourth-order valence-corrected chi connectivity index (χ4v) is 3.45. The van der Waals surface area contributed by atoms with E-state index in [4.69, 9.17) is 4.74 Å². The van der Waals surface area contributed by atoms with Gasteiger partial charge in [0.1, 0.15) is 0 Å². The number of aromatic nitrogens is 3. The Morgan fingerprint density at radius 3 is 2.72 bits per heavy atom. The van der Waals surface area contributed by atoms with Crippen molar-refractivity contribution in [2.24, 2.45) is 5.92 Å². The highest BCUT2D eigenvalue weighted by Crippen LogP contribution is 2.23. The summed E-state index contributed by atoms with van der Waals surface area (Å²) in [5.74, 6) is -0.802. The van der Waals surface area contributed by atoms with E-state index in [1.807, 2.05) is 29.1 Å². The molecule has 0 saturated carbocycles. The molecule has 1 saturated heterocycles. The predicted molar refractivity (Wildman–Crippen MR) is 92.5 cm³/mol. The monoisotopic (exact) mass is 344 g/mol. The molecule has 3 rings (SSSR count). The number of hydrogen-bond acceptors (Lipinski definition) is 5. The molecule has 1 aromatic carbocycles. The second-order valence-corrected chi connectivity index (χ2v) is 6.55. The molecule has 2 aromatic rings. The van der Waals surface area contributed by atoms with E-state index >= 15 is 0 Å². The van der Waals surface area contributed by atoms with Crippen molar-refractivity contribution in [2.45, 2.75) is 32.4 Å². The van der Waals surface area contributed by atoms with Crippen LogP contribution in [-0.4, -0.2) is 57.3 Å². The largest absolute Gasteiger partial charge is 0.479 e. The number of carbonyl (C=O) groups is 1. The Labute approximate surface area is 147 Å². The molecule has 134 valence electrons. The standard InChI is InChI=1S/C18H24N4O3/c1-13-5-3-4-6-16(13)22-12-15(19-20-22)11-21-9-7-14(8-10-21)17(25-2)18(23)24/h3-6,12,14,17H,7-11H2,1-2H3,(H,23,24). The van der Waals surface area contributed by atoms with Gasteiger partial charge in [0.25, 0.3) is 0 Å². The summed E-state index contributed by atoms with van der Waals surface area (Å²) in [6.07, 6.45) is 2.89. The molecule has 1 unspecified atom stereocenters. The van der Waals surface area contributed by atoms with Crippen LogP contribution in [0.1, 0.15) is 24.1 Å². The average molecular weight is 344 g/mol. The van der Waals surface area contributed by atoms with Gasteiger partial charge < -0.3 is 9.84 Å². The van der Waals surface area contributed by atoms with Gasteiger partial charge >= 0.3 is 5.97 Å². The molecule has 0 spiro atoms. The summed E-state index contributed by atoms with van der Waals surface area (Å²) in [6.45, 7) is 4.46. The number of methoxy groups -OCH3 is 1. The highest BCUT2D eigenvalue weighted by molar-refractivity contribution is 5.72. The third-order valence-electron chi connectivity index (χ3n) is 4.85. The zero-order chi connectivity index (χ0) is 17.8. The Kier molecular flexibility index (Phi) is 5.45. The van der Waals surface area contributed by atoms with Gasteiger partial charge in [-0.15, -0.1) is 5.10 Å². The van der Waals surface area contributed by atoms with Gasteiger partial charge in [-0.3, -0.25) is 4.90 Å². The lowest BCUT2D eigenvalue weighted by Crippen LogP contribution is -2.41. The smallest absolute Gasteiger partial charge is 0.333 e. The van der Waals surface area contributed by atoms with Crippen molar-refractivity contribution in [1.82, 2.24) is 19.9 Å². The molecule has 1 aliphatic heterocycles. The summed E-state index contributed by atoms with van der Waals surface area (Å²) in [5.41, 5.74) is 3.10. The van der Waals surface area contributed by atoms with Crippen LogP contribution < -0.4 is 0 Å². The minimum Gasteiger partial charge on any atom is -0.479 e. The Bertz CT molecular complexity index is 723. The van der Waals surface area contributed by atoms with Crippen molar-refractivity contribution in [2.75, 3.05) is 20.2 Å². The van der Waals surface area contributed by atoms with E-state index in [-0.39, 0.29) is 5.92 Å². The molecule has 1 atom stereocenters. The lowest BCUT2D eigenvalue weighted by molar-refractivity contribution is -0.153. The number of piperidine rings is 1. The third kappa shape index (κ3) is 4.05. The van der Waals surface area contributed by atoms with Crippen LogP contribution in [0.25, 0.3) is 5.69 Å². The first-order valence-corrected chi connectivity index (χ1v) is 8.53. The molecule has 1 fully saturated rings. The predicted octanol–water partition coefficient (Wildman–Crippen LogP) is 1.89. The van der Waals surface area contributed by atoms with Crippen LogP contribution >= 0.6 is 0 Å². The van der Waals surface area contributed by atoms with Gasteiger partial charge in [0.2, 0.25) is 0 Å². The first kappa shape index (κ1) is 17.6. The first-order chi connectivity index (χ1) is 12.1. The maximum Gasteiger partial charge on any atom is 0.333 e. The van der Waals surface area contributed by atoms with E-state index in [9.17, 15) is 9.90 Å². The first-order valence-electron chi connectivity index (χ1n) is 8.53. The molecular formula is C18H24N4O3. The van der Waals surface area contributed by atoms with Crippen LogP contribution in [0.3, 0.4) is 0 Å². The van der Waals surface area contributed by atoms with Crippen molar-refractivity contribution in [1.29, 1.82) is 0 Å². The number of carboxylic acids is 1. The van der Waals surface area contributed by atoms with Gasteiger partial charge in [-0.25, -0.2) is 9.48 Å². The van der Waals surface area contributed by atoms with Crippen LogP contribution in [0.15, 0.2) is 30.5 Å². The number of likely N-dealkylation sites (tertiary alicyclic amines) is 1. The molecule has 0 bridgehead atoms. The maximum atomic E-state index is 11.2. The fourth-order valence-electron chi connectivity index (χ4n) is 3.45. The van der Waals surface area contributed by atoms with Crippen LogP contribution in [0.2, 0.25) is 0 Å². The van der Waals surface area contributed by atoms with Gasteiger partial charge in [-0.2, -0.15) is 0 Å². The van der Waals surface area contributed by atoms with Crippen LogP contribution in [0.4, 0.5) is 0 Å². The van der Waals surface area contributed by atoms with E-state index in [1.54, 1.807) is 0 Å². The molecule has 0 amide bonds. The molecule has 0 radical (unpaired) electrons. The zero-order valence-corrected chi connectivity index (χ0v) is 14.6. The van der Waals surface area contributed by atoms with Crippen LogP contribution in [0, 0.1) is 12.8 Å². The number of ether oxygens (including phenoxy) is 1. The van der Waals surface area contributed by atoms with Gasteiger partial charge in [-0.05, 0) is 50.4 Å². The van der Waals surface area contributed by atoms with E-state index < -0.39 is 12.1 Å². The van der Waals surface area contributed by atoms with Gasteiger partial charge in [-0.1, -0.05) is 23.4 Å². The SMILES string of the molecule is COC(C(=O)O)C1CCN(Cc2cn(-c3ccccc3C)nn2)CC1. The Morgan fingerprint density at radius 1 is 1.36 bits per heavy atom. The summed E-state index contributed by atoms with van der Waals surface area (Å²) in [6, 6.07) is 8.07. The lowest BCUT2D eigenvalue weighted by atomic mass is 9.91. The van der Waals surface area contributed by atoms with E-state index in [0.29, 0.717) is 0 Å². The molecule has 25 heavy (non-hydrogen) atoms. The molecule has 0 aliphatic carbocycles. The minimum atomic E-state index is -0.873. The second-order valence-electron chi connectivity index (χ2n) is 6.55. The highest BCUT2D eigenvalue weighted by Gasteiger charge is 2.31. The van der Waals surface area contributed by atoms with Crippen molar-refractivity contribution in [3.8, 4) is 5.69 Å². The number of aliphatic carboxylic acids is 1. The molecule has 7 heteroatoms. The molecular weight excluding hydrogens is 320 g/mol. The Balaban J connectivity index is 1.58. The summed E-state index contributed by atoms with van der Waals surface area (Å²) in [5, 5.41) is 17.7. The number of benzene rings is 1. The quantitative estimate of drug-likeness (QED) is 0.862. The fraction of sp³-hybridized carbons (Fsp3) is 0.500. The Hall–Kier alpha value is -2.25. The summed E-state index contributed by atoms with van der Waals surface area (Å²) in [7, 11) is 1.47. The summed E-state index contributed by atoms with van der Waals surface area (Å²) in [4.78, 5) is 13.5. The number of nitrogens with zero attached hydrogens (tertiary/aromatic N) is 4. The minimum absolute atomic E-state index is 0.0707. The number of hydrogen-bond donors (Lipinski definition) is 1. The summed E-state index contributed by atoms with van der Waals surface area (Å²) < 4.78 is 6.93. The maximum absolute atomic E-state index is 11.2. The average Bonchev–Trinajstić information content (AvgIpc) is 3.05. The van der Waals surface area contributed by atoms with Gasteiger partial charge in [0.15, 0.2) is 6.10 Å². The number of aryl methyl sites for hydroxylation is 1. The van der Waals surface area contributed by atoms with Crippen molar-refractivity contribution in [3.63, 3.8) is 0 Å². The Morgan fingerprint density at radius 2 is 2.08 bits per heavy atom. The van der Waals surface area contributed by atoms with Gasteiger partial charge in [0.05, 0.1) is 17.6 Å². The second kappa shape index (κ2) is 7.76. The lowest BCUT2D eigenvalue weighted by Gasteiger charge is -2.33. The van der Waals surface area contributed by atoms with E-state index in [0.717, 1.165) is 49.4 Å². The highest BCUT2D eigenvalue weighted by atomic mass is 16.5. The molecule has 7 nitrogen and oxygen atoms in total. The van der Waals surface area contributed by atoms with E-state index in [2.05, 4.69) is 28.2 Å².